The van der Waals surface area contributed by atoms with Crippen molar-refractivity contribution in [3.8, 4) is 0 Å². The minimum atomic E-state index is -0.178. The maximum Gasteiger partial charge on any atom is 0.269 e. The van der Waals surface area contributed by atoms with Crippen molar-refractivity contribution in [1.29, 1.82) is 0 Å². The van der Waals surface area contributed by atoms with Gasteiger partial charge in [-0.3, -0.25) is 9.78 Å². The molecule has 0 aliphatic carbocycles. The number of nitrogens with zero attached hydrogens (tertiary/aromatic N) is 1. The van der Waals surface area contributed by atoms with Gasteiger partial charge < -0.3 is 10.6 Å². The summed E-state index contributed by atoms with van der Waals surface area (Å²) in [5.41, 5.74) is 1.31. The number of hydrogen-bond donors (Lipinski definition) is 2. The minimum absolute atomic E-state index is 0.178. The summed E-state index contributed by atoms with van der Waals surface area (Å²) < 4.78 is 0. The number of amides is 1. The molecule has 2 aromatic heterocycles. The van der Waals surface area contributed by atoms with E-state index < -0.39 is 0 Å². The molecule has 2 N–H and O–H groups in total. The second kappa shape index (κ2) is 5.84. The molecule has 0 bridgehead atoms. The van der Waals surface area contributed by atoms with Crippen LogP contribution >= 0.6 is 11.3 Å². The maximum absolute atomic E-state index is 11.5. The van der Waals surface area contributed by atoms with Crippen LogP contribution in [0.3, 0.4) is 0 Å². The molecule has 0 saturated heterocycles. The van der Waals surface area contributed by atoms with E-state index in [1.54, 1.807) is 30.6 Å². The molecule has 5 heteroatoms. The van der Waals surface area contributed by atoms with Gasteiger partial charge in [0, 0.05) is 28.7 Å². The van der Waals surface area contributed by atoms with Crippen LogP contribution in [-0.2, 0) is 0 Å². The second-order valence-electron chi connectivity index (χ2n) is 4.32. The van der Waals surface area contributed by atoms with Crippen LogP contribution in [-0.4, -0.2) is 17.9 Å². The van der Waals surface area contributed by atoms with Crippen LogP contribution in [0.5, 0.6) is 0 Å². The largest absolute Gasteiger partial charge is 0.378 e. The van der Waals surface area contributed by atoms with Crippen molar-refractivity contribution in [3.05, 3.63) is 45.9 Å². The average Bonchev–Trinajstić information content (AvgIpc) is 2.85. The molecule has 19 heavy (non-hydrogen) atoms. The van der Waals surface area contributed by atoms with Crippen LogP contribution in [0.25, 0.3) is 0 Å². The zero-order chi connectivity index (χ0) is 13.8. The monoisotopic (exact) mass is 275 g/mol. The summed E-state index contributed by atoms with van der Waals surface area (Å²) in [6, 6.07) is 8.07. The fourth-order valence-electron chi connectivity index (χ4n) is 1.78. The summed E-state index contributed by atoms with van der Waals surface area (Å²) in [5.74, 6) is -0.178. The highest BCUT2D eigenvalue weighted by molar-refractivity contribution is 7.12. The quantitative estimate of drug-likeness (QED) is 0.902. The average molecular weight is 275 g/mol. The summed E-state index contributed by atoms with van der Waals surface area (Å²) in [6.45, 7) is 4.20. The number of hydrogen-bond acceptors (Lipinski definition) is 4. The van der Waals surface area contributed by atoms with Crippen molar-refractivity contribution in [2.75, 3.05) is 12.4 Å². The first-order valence-electron chi connectivity index (χ1n) is 6.11. The number of anilines is 1. The van der Waals surface area contributed by atoms with Gasteiger partial charge in [-0.1, -0.05) is 0 Å². The Morgan fingerprint density at radius 2 is 2.16 bits per heavy atom. The number of aromatic nitrogens is 1. The molecular weight excluding hydrogens is 258 g/mol. The lowest BCUT2D eigenvalue weighted by molar-refractivity contribution is 0.0958. The molecule has 1 atom stereocenters. The fourth-order valence-corrected chi connectivity index (χ4v) is 2.66. The van der Waals surface area contributed by atoms with Crippen LogP contribution < -0.4 is 10.6 Å². The van der Waals surface area contributed by atoms with E-state index in [1.165, 1.54) is 9.75 Å². The second-order valence-corrected chi connectivity index (χ2v) is 5.64. The van der Waals surface area contributed by atoms with Crippen molar-refractivity contribution in [1.82, 2.24) is 10.3 Å². The van der Waals surface area contributed by atoms with Crippen LogP contribution in [0.4, 0.5) is 5.69 Å². The first-order valence-corrected chi connectivity index (χ1v) is 6.93. The van der Waals surface area contributed by atoms with E-state index in [1.807, 2.05) is 6.07 Å². The summed E-state index contributed by atoms with van der Waals surface area (Å²) in [7, 11) is 1.60. The number of carbonyl (C=O) groups is 1. The molecule has 0 fully saturated rings. The van der Waals surface area contributed by atoms with E-state index in [4.69, 9.17) is 0 Å². The molecule has 0 saturated carbocycles. The maximum atomic E-state index is 11.5. The lowest BCUT2D eigenvalue weighted by Gasteiger charge is -2.14. The molecule has 0 aromatic carbocycles. The molecule has 0 aliphatic heterocycles. The number of pyridine rings is 1. The Balaban J connectivity index is 2.12. The Bertz CT molecular complexity index is 580. The first-order chi connectivity index (χ1) is 9.10. The van der Waals surface area contributed by atoms with Crippen LogP contribution in [0.2, 0.25) is 0 Å². The number of rotatable bonds is 4. The molecule has 2 heterocycles. The van der Waals surface area contributed by atoms with Gasteiger partial charge in [-0.05, 0) is 38.1 Å². The number of aryl methyl sites for hydroxylation is 1. The fraction of sp³-hybridized carbons (Fsp3) is 0.286. The van der Waals surface area contributed by atoms with Gasteiger partial charge in [-0.25, -0.2) is 0 Å². The Morgan fingerprint density at radius 1 is 1.37 bits per heavy atom. The predicted molar refractivity (Wildman–Crippen MR) is 78.7 cm³/mol. The van der Waals surface area contributed by atoms with Crippen molar-refractivity contribution >= 4 is 22.9 Å². The third-order valence-corrected chi connectivity index (χ3v) is 3.97. The van der Waals surface area contributed by atoms with E-state index in [0.717, 1.165) is 5.69 Å². The third-order valence-electron chi connectivity index (χ3n) is 2.79. The molecule has 100 valence electrons. The Labute approximate surface area is 116 Å². The van der Waals surface area contributed by atoms with Crippen molar-refractivity contribution < 1.29 is 4.79 Å². The molecule has 1 unspecified atom stereocenters. The Kier molecular flexibility index (Phi) is 4.16. The van der Waals surface area contributed by atoms with Gasteiger partial charge in [0.2, 0.25) is 0 Å². The van der Waals surface area contributed by atoms with Crippen LogP contribution in [0.15, 0.2) is 30.5 Å². The standard InChI is InChI=1S/C14H17N3OS/c1-9-4-5-13(19-9)10(2)17-11-6-7-16-12(8-11)14(18)15-3/h4-8,10H,1-3H3,(H,15,18)(H,16,17). The normalized spacial score (nSPS) is 11.9. The summed E-state index contributed by atoms with van der Waals surface area (Å²) in [4.78, 5) is 18.1. The molecule has 4 nitrogen and oxygen atoms in total. The third kappa shape index (κ3) is 3.32. The van der Waals surface area contributed by atoms with Crippen molar-refractivity contribution in [2.24, 2.45) is 0 Å². The van der Waals surface area contributed by atoms with Gasteiger partial charge in [0.25, 0.3) is 5.91 Å². The zero-order valence-corrected chi connectivity index (χ0v) is 12.0. The molecule has 0 aliphatic rings. The molecule has 2 aromatic rings. The number of nitrogens with one attached hydrogen (secondary N) is 2. The predicted octanol–water partition coefficient (Wildman–Crippen LogP) is 2.98. The van der Waals surface area contributed by atoms with Gasteiger partial charge in [0.1, 0.15) is 5.69 Å². The van der Waals surface area contributed by atoms with Crippen LogP contribution in [0, 0.1) is 6.92 Å². The van der Waals surface area contributed by atoms with E-state index >= 15 is 0 Å². The number of thiophene rings is 1. The highest BCUT2D eigenvalue weighted by Gasteiger charge is 2.10. The summed E-state index contributed by atoms with van der Waals surface area (Å²) >= 11 is 1.77. The zero-order valence-electron chi connectivity index (χ0n) is 11.2. The Morgan fingerprint density at radius 3 is 2.79 bits per heavy atom. The summed E-state index contributed by atoms with van der Waals surface area (Å²) in [5, 5.41) is 5.95. The topological polar surface area (TPSA) is 54.0 Å². The van der Waals surface area contributed by atoms with Gasteiger partial charge in [0.15, 0.2) is 0 Å². The van der Waals surface area contributed by atoms with Crippen LogP contribution in [0.1, 0.15) is 33.2 Å². The van der Waals surface area contributed by atoms with Gasteiger partial charge >= 0.3 is 0 Å². The van der Waals surface area contributed by atoms with E-state index in [2.05, 4.69) is 41.6 Å². The van der Waals surface area contributed by atoms with E-state index in [0.29, 0.717) is 5.69 Å². The highest BCUT2D eigenvalue weighted by atomic mass is 32.1. The van der Waals surface area contributed by atoms with Crippen molar-refractivity contribution in [3.63, 3.8) is 0 Å². The molecule has 1 amide bonds. The highest BCUT2D eigenvalue weighted by Crippen LogP contribution is 2.25. The number of carbonyl (C=O) groups excluding carboxylic acids is 1. The molecule has 0 spiro atoms. The molecular formula is C14H17N3OS. The van der Waals surface area contributed by atoms with Gasteiger partial charge in [0.05, 0.1) is 6.04 Å². The van der Waals surface area contributed by atoms with E-state index in [9.17, 15) is 4.79 Å². The lowest BCUT2D eigenvalue weighted by Crippen LogP contribution is -2.19. The first kappa shape index (κ1) is 13.5. The SMILES string of the molecule is CNC(=O)c1cc(NC(C)c2ccc(C)s2)ccn1. The summed E-state index contributed by atoms with van der Waals surface area (Å²) in [6.07, 6.45) is 1.64. The minimum Gasteiger partial charge on any atom is -0.378 e. The van der Waals surface area contributed by atoms with E-state index in [-0.39, 0.29) is 11.9 Å². The van der Waals surface area contributed by atoms with Crippen molar-refractivity contribution in [2.45, 2.75) is 19.9 Å². The lowest BCUT2D eigenvalue weighted by atomic mass is 10.2. The molecule has 2 rings (SSSR count). The van der Waals surface area contributed by atoms with Gasteiger partial charge in [-0.2, -0.15) is 0 Å². The van der Waals surface area contributed by atoms with Gasteiger partial charge in [-0.15, -0.1) is 11.3 Å². The molecule has 0 radical (unpaired) electrons. The Hall–Kier alpha value is -1.88. The smallest absolute Gasteiger partial charge is 0.269 e.